The number of hydrogen-bond acceptors (Lipinski definition) is 6. The normalized spacial score (nSPS) is 11.7. The molecule has 0 radical (unpaired) electrons. The Labute approximate surface area is 237 Å². The van der Waals surface area contributed by atoms with E-state index in [0.29, 0.717) is 12.5 Å². The van der Waals surface area contributed by atoms with Gasteiger partial charge in [0.15, 0.2) is 0 Å². The summed E-state index contributed by atoms with van der Waals surface area (Å²) in [5.41, 5.74) is 3.08. The molecule has 0 aliphatic heterocycles. The summed E-state index contributed by atoms with van der Waals surface area (Å²) in [6, 6.07) is 23.6. The fourth-order valence-corrected chi connectivity index (χ4v) is 4.45. The van der Waals surface area contributed by atoms with Crippen molar-refractivity contribution in [3.8, 4) is 0 Å². The highest BCUT2D eigenvalue weighted by Crippen LogP contribution is 2.26. The van der Waals surface area contributed by atoms with Crippen molar-refractivity contribution < 1.29 is 14.3 Å². The summed E-state index contributed by atoms with van der Waals surface area (Å²) in [7, 11) is 1.27. The number of halogens is 2. The van der Waals surface area contributed by atoms with E-state index in [0.717, 1.165) is 16.8 Å². The quantitative estimate of drug-likeness (QED) is 0.223. The van der Waals surface area contributed by atoms with Gasteiger partial charge >= 0.3 is 5.97 Å². The molecule has 4 aromatic rings. The molecule has 0 saturated heterocycles. The van der Waals surface area contributed by atoms with Gasteiger partial charge in [0.05, 0.1) is 29.3 Å². The number of hydrogen-bond donors (Lipinski definition) is 1. The standard InChI is InChI=1S/C30H26Cl2N4O3/c1-39-29(38)26(35-28(37)27-24(31)11-6-12-25(27)32)13-5-10-21-14-16-23(17-15-21)36(30-33-18-7-19-34-30)20-22-8-3-2-4-9-22/h2-12,14-19,26H,13,20H2,1H3,(H,35,37)/b10-5+. The summed E-state index contributed by atoms with van der Waals surface area (Å²) in [6.45, 7) is 0.607. The first-order chi connectivity index (χ1) is 19.0. The molecule has 1 aromatic heterocycles. The predicted molar refractivity (Wildman–Crippen MR) is 154 cm³/mol. The number of benzene rings is 3. The Balaban J connectivity index is 1.47. The van der Waals surface area contributed by atoms with E-state index in [1.165, 1.54) is 7.11 Å². The van der Waals surface area contributed by atoms with E-state index in [1.54, 1.807) is 42.7 Å². The van der Waals surface area contributed by atoms with Gasteiger partial charge in [-0.05, 0) is 47.9 Å². The highest BCUT2D eigenvalue weighted by Gasteiger charge is 2.23. The molecule has 0 saturated carbocycles. The van der Waals surface area contributed by atoms with Crippen molar-refractivity contribution in [3.05, 3.63) is 124 Å². The maximum Gasteiger partial charge on any atom is 0.328 e. The van der Waals surface area contributed by atoms with Gasteiger partial charge in [-0.3, -0.25) is 4.79 Å². The number of nitrogens with zero attached hydrogens (tertiary/aromatic N) is 3. The van der Waals surface area contributed by atoms with Crippen LogP contribution in [-0.2, 0) is 16.1 Å². The summed E-state index contributed by atoms with van der Waals surface area (Å²) in [5.74, 6) is -0.536. The van der Waals surface area contributed by atoms with Crippen molar-refractivity contribution in [2.24, 2.45) is 0 Å². The molecule has 4 rings (SSSR count). The van der Waals surface area contributed by atoms with Gasteiger partial charge in [-0.2, -0.15) is 0 Å². The number of rotatable bonds is 10. The van der Waals surface area contributed by atoms with Crippen LogP contribution in [0, 0.1) is 0 Å². The first-order valence-electron chi connectivity index (χ1n) is 12.1. The second-order valence-corrected chi connectivity index (χ2v) is 9.31. The number of esters is 1. The molecule has 198 valence electrons. The van der Waals surface area contributed by atoms with Gasteiger partial charge in [0.1, 0.15) is 6.04 Å². The number of aromatic nitrogens is 2. The van der Waals surface area contributed by atoms with Crippen molar-refractivity contribution in [1.29, 1.82) is 0 Å². The molecule has 0 fully saturated rings. The van der Waals surface area contributed by atoms with Crippen LogP contribution >= 0.6 is 23.2 Å². The van der Waals surface area contributed by atoms with Crippen LogP contribution in [0.5, 0.6) is 0 Å². The summed E-state index contributed by atoms with van der Waals surface area (Å²) in [6.07, 6.45) is 7.31. The number of ether oxygens (including phenoxy) is 1. The number of anilines is 2. The van der Waals surface area contributed by atoms with Crippen LogP contribution in [-0.4, -0.2) is 35.0 Å². The number of methoxy groups -OCH3 is 1. The van der Waals surface area contributed by atoms with Crippen LogP contribution in [0.25, 0.3) is 6.08 Å². The second kappa shape index (κ2) is 13.6. The van der Waals surface area contributed by atoms with E-state index in [4.69, 9.17) is 27.9 Å². The highest BCUT2D eigenvalue weighted by molar-refractivity contribution is 6.39. The number of carbonyl (C=O) groups excluding carboxylic acids is 2. The van der Waals surface area contributed by atoms with Crippen molar-refractivity contribution in [3.63, 3.8) is 0 Å². The van der Waals surface area contributed by atoms with Gasteiger partial charge in [0.2, 0.25) is 5.95 Å². The van der Waals surface area contributed by atoms with E-state index >= 15 is 0 Å². The van der Waals surface area contributed by atoms with Crippen LogP contribution in [0.4, 0.5) is 11.6 Å². The van der Waals surface area contributed by atoms with E-state index in [9.17, 15) is 9.59 Å². The smallest absolute Gasteiger partial charge is 0.328 e. The zero-order valence-electron chi connectivity index (χ0n) is 21.1. The molecule has 0 bridgehead atoms. The van der Waals surface area contributed by atoms with Gasteiger partial charge in [-0.15, -0.1) is 0 Å². The first-order valence-corrected chi connectivity index (χ1v) is 12.9. The Morgan fingerprint density at radius 3 is 2.23 bits per heavy atom. The zero-order chi connectivity index (χ0) is 27.6. The molecule has 39 heavy (non-hydrogen) atoms. The van der Waals surface area contributed by atoms with Gasteiger partial charge in [-0.25, -0.2) is 14.8 Å². The van der Waals surface area contributed by atoms with E-state index in [-0.39, 0.29) is 22.0 Å². The Morgan fingerprint density at radius 2 is 1.59 bits per heavy atom. The lowest BCUT2D eigenvalue weighted by atomic mass is 10.1. The molecule has 1 N–H and O–H groups in total. The number of carbonyl (C=O) groups is 2. The van der Waals surface area contributed by atoms with Crippen molar-refractivity contribution in [1.82, 2.24) is 15.3 Å². The molecule has 0 aliphatic rings. The lowest BCUT2D eigenvalue weighted by Crippen LogP contribution is -2.41. The lowest BCUT2D eigenvalue weighted by Gasteiger charge is -2.23. The molecular formula is C30H26Cl2N4O3. The molecule has 0 spiro atoms. The average Bonchev–Trinajstić information content (AvgIpc) is 2.96. The van der Waals surface area contributed by atoms with Crippen molar-refractivity contribution >= 4 is 52.8 Å². The Hall–Kier alpha value is -4.20. The SMILES string of the molecule is COC(=O)C(C/C=C/c1ccc(N(Cc2ccccc2)c2ncccn2)cc1)NC(=O)c1c(Cl)cccc1Cl. The molecule has 1 atom stereocenters. The van der Waals surface area contributed by atoms with Crippen LogP contribution in [0.1, 0.15) is 27.9 Å². The molecule has 1 unspecified atom stereocenters. The predicted octanol–water partition coefficient (Wildman–Crippen LogP) is 6.50. The molecule has 9 heteroatoms. The molecule has 1 heterocycles. The second-order valence-electron chi connectivity index (χ2n) is 8.50. The summed E-state index contributed by atoms with van der Waals surface area (Å²) in [5, 5.41) is 3.05. The van der Waals surface area contributed by atoms with Gasteiger partial charge in [0.25, 0.3) is 5.91 Å². The van der Waals surface area contributed by atoms with Crippen LogP contribution in [0.3, 0.4) is 0 Å². The highest BCUT2D eigenvalue weighted by atomic mass is 35.5. The maximum absolute atomic E-state index is 12.8. The Kier molecular flexibility index (Phi) is 9.67. The van der Waals surface area contributed by atoms with E-state index in [2.05, 4.69) is 27.4 Å². The number of amides is 1. The van der Waals surface area contributed by atoms with Crippen molar-refractivity contribution in [2.75, 3.05) is 12.0 Å². The summed E-state index contributed by atoms with van der Waals surface area (Å²) in [4.78, 5) is 36.0. The molecule has 0 aliphatic carbocycles. The third-order valence-electron chi connectivity index (χ3n) is 5.84. The Bertz CT molecular complexity index is 1410. The summed E-state index contributed by atoms with van der Waals surface area (Å²) < 4.78 is 4.87. The zero-order valence-corrected chi connectivity index (χ0v) is 22.6. The third-order valence-corrected chi connectivity index (χ3v) is 6.47. The fraction of sp³-hybridized carbons (Fsp3) is 0.133. The van der Waals surface area contributed by atoms with Crippen LogP contribution in [0.2, 0.25) is 10.0 Å². The minimum absolute atomic E-state index is 0.108. The van der Waals surface area contributed by atoms with Gasteiger partial charge < -0.3 is 15.0 Å². The van der Waals surface area contributed by atoms with E-state index in [1.807, 2.05) is 53.4 Å². The number of nitrogens with one attached hydrogen (secondary N) is 1. The minimum atomic E-state index is -0.915. The third kappa shape index (κ3) is 7.44. The van der Waals surface area contributed by atoms with Gasteiger partial charge in [0, 0.05) is 18.1 Å². The van der Waals surface area contributed by atoms with Crippen molar-refractivity contribution in [2.45, 2.75) is 19.0 Å². The Morgan fingerprint density at radius 1 is 0.923 bits per heavy atom. The summed E-state index contributed by atoms with van der Waals surface area (Å²) >= 11 is 12.3. The lowest BCUT2D eigenvalue weighted by molar-refractivity contribution is -0.142. The minimum Gasteiger partial charge on any atom is -0.467 e. The molecule has 7 nitrogen and oxygen atoms in total. The van der Waals surface area contributed by atoms with Crippen LogP contribution < -0.4 is 10.2 Å². The molecule has 1 amide bonds. The molecular weight excluding hydrogens is 535 g/mol. The topological polar surface area (TPSA) is 84.4 Å². The monoisotopic (exact) mass is 560 g/mol. The fourth-order valence-electron chi connectivity index (χ4n) is 3.88. The maximum atomic E-state index is 12.8. The van der Waals surface area contributed by atoms with Gasteiger partial charge in [-0.1, -0.05) is 83.9 Å². The van der Waals surface area contributed by atoms with Crippen LogP contribution in [0.15, 0.2) is 97.3 Å². The largest absolute Gasteiger partial charge is 0.467 e. The van der Waals surface area contributed by atoms with E-state index < -0.39 is 17.9 Å². The molecule has 3 aromatic carbocycles. The average molecular weight is 561 g/mol. The first kappa shape index (κ1) is 27.8.